The number of hydrogen-bond donors (Lipinski definition) is 1. The van der Waals surface area contributed by atoms with E-state index in [1.807, 2.05) is 24.4 Å². The molecule has 2 rings (SSSR count). The van der Waals surface area contributed by atoms with E-state index in [0.29, 0.717) is 6.42 Å². The van der Waals surface area contributed by atoms with E-state index in [1.165, 1.54) is 17.6 Å². The second kappa shape index (κ2) is 7.17. The van der Waals surface area contributed by atoms with Gasteiger partial charge >= 0.3 is 5.97 Å². The first-order valence-corrected chi connectivity index (χ1v) is 7.26. The Labute approximate surface area is 122 Å². The van der Waals surface area contributed by atoms with E-state index < -0.39 is 0 Å². The fourth-order valence-electron chi connectivity index (χ4n) is 1.83. The molecule has 0 atom stereocenters. The molecule has 0 fully saturated rings. The van der Waals surface area contributed by atoms with Crippen molar-refractivity contribution in [1.29, 1.82) is 0 Å². The summed E-state index contributed by atoms with van der Waals surface area (Å²) in [5, 5.41) is 3.37. The lowest BCUT2D eigenvalue weighted by molar-refractivity contribution is -0.139. The molecule has 20 heavy (non-hydrogen) atoms. The van der Waals surface area contributed by atoms with Gasteiger partial charge in [0.15, 0.2) is 0 Å². The summed E-state index contributed by atoms with van der Waals surface area (Å²) in [4.78, 5) is 17.8. The molecule has 106 valence electrons. The smallest absolute Gasteiger partial charge is 0.310 e. The van der Waals surface area contributed by atoms with Crippen LogP contribution >= 0.6 is 11.3 Å². The molecule has 0 bridgehead atoms. The highest BCUT2D eigenvalue weighted by Gasteiger charge is 2.06. The van der Waals surface area contributed by atoms with Crippen molar-refractivity contribution < 1.29 is 9.53 Å². The number of hydrogen-bond acceptors (Lipinski definition) is 5. The van der Waals surface area contributed by atoms with E-state index in [4.69, 9.17) is 0 Å². The van der Waals surface area contributed by atoms with Crippen LogP contribution in [0.25, 0.3) is 0 Å². The summed E-state index contributed by atoms with van der Waals surface area (Å²) in [6.45, 7) is 3.59. The highest BCUT2D eigenvalue weighted by Crippen LogP contribution is 2.17. The second-order valence-corrected chi connectivity index (χ2v) is 5.74. The Morgan fingerprint density at radius 3 is 2.85 bits per heavy atom. The summed E-state index contributed by atoms with van der Waals surface area (Å²) in [6.07, 6.45) is 2.16. The van der Waals surface area contributed by atoms with E-state index >= 15 is 0 Å². The maximum atomic E-state index is 11.2. The Morgan fingerprint density at radius 2 is 2.10 bits per heavy atom. The fourth-order valence-corrected chi connectivity index (χ4v) is 2.81. The summed E-state index contributed by atoms with van der Waals surface area (Å²) >= 11 is 1.63. The molecular weight excluding hydrogens is 272 g/mol. The summed E-state index contributed by atoms with van der Waals surface area (Å²) in [7, 11) is 1.41. The Balaban J connectivity index is 1.83. The Kier molecular flexibility index (Phi) is 5.26. The van der Waals surface area contributed by atoms with Crippen LogP contribution in [0.5, 0.6) is 0 Å². The van der Waals surface area contributed by atoms with E-state index in [9.17, 15) is 4.79 Å². The molecular formula is C15H18N2O2S. The molecule has 0 saturated carbocycles. The van der Waals surface area contributed by atoms with Crippen LogP contribution in [0.3, 0.4) is 0 Å². The summed E-state index contributed by atoms with van der Waals surface area (Å²) in [5.41, 5.74) is 2.26. The number of aryl methyl sites for hydroxylation is 1. The molecule has 0 aliphatic rings. The van der Waals surface area contributed by atoms with Gasteiger partial charge in [0.25, 0.3) is 0 Å². The van der Waals surface area contributed by atoms with Gasteiger partial charge in [0.2, 0.25) is 0 Å². The average Bonchev–Trinajstić information content (AvgIpc) is 2.88. The highest BCUT2D eigenvalue weighted by molar-refractivity contribution is 7.12. The molecule has 2 heterocycles. The lowest BCUT2D eigenvalue weighted by atomic mass is 10.2. The molecule has 1 N–H and O–H groups in total. The van der Waals surface area contributed by atoms with Crippen LogP contribution in [0, 0.1) is 6.92 Å². The summed E-state index contributed by atoms with van der Waals surface area (Å²) in [6, 6.07) is 8.02. The SMILES string of the molecule is COC(=O)Cc1ccc(CNCc2ncccc2C)s1. The van der Waals surface area contributed by atoms with E-state index in [1.54, 1.807) is 11.3 Å². The van der Waals surface area contributed by atoms with Crippen LogP contribution in [-0.2, 0) is 29.0 Å². The number of esters is 1. The quantitative estimate of drug-likeness (QED) is 0.830. The van der Waals surface area contributed by atoms with Gasteiger partial charge in [-0.3, -0.25) is 9.78 Å². The van der Waals surface area contributed by atoms with Crippen molar-refractivity contribution >= 4 is 17.3 Å². The minimum absolute atomic E-state index is 0.199. The average molecular weight is 290 g/mol. The van der Waals surface area contributed by atoms with Gasteiger partial charge in [-0.15, -0.1) is 11.3 Å². The predicted molar refractivity (Wildman–Crippen MR) is 79.6 cm³/mol. The summed E-state index contributed by atoms with van der Waals surface area (Å²) < 4.78 is 4.66. The molecule has 0 radical (unpaired) electrons. The highest BCUT2D eigenvalue weighted by atomic mass is 32.1. The number of rotatable bonds is 6. The van der Waals surface area contributed by atoms with Crippen molar-refractivity contribution in [2.24, 2.45) is 0 Å². The van der Waals surface area contributed by atoms with E-state index in [2.05, 4.69) is 28.0 Å². The van der Waals surface area contributed by atoms with Gasteiger partial charge in [0.1, 0.15) is 0 Å². The lowest BCUT2D eigenvalue weighted by Crippen LogP contribution is -2.13. The number of nitrogens with one attached hydrogen (secondary N) is 1. The number of thiophene rings is 1. The van der Waals surface area contributed by atoms with Crippen LogP contribution in [0.2, 0.25) is 0 Å². The second-order valence-electron chi connectivity index (χ2n) is 4.49. The topological polar surface area (TPSA) is 51.2 Å². The van der Waals surface area contributed by atoms with E-state index in [-0.39, 0.29) is 5.97 Å². The molecule has 0 saturated heterocycles. The molecule has 2 aromatic rings. The minimum Gasteiger partial charge on any atom is -0.469 e. The number of methoxy groups -OCH3 is 1. The third-order valence-corrected chi connectivity index (χ3v) is 4.06. The van der Waals surface area contributed by atoms with Gasteiger partial charge in [-0.25, -0.2) is 0 Å². The number of carbonyl (C=O) groups excluding carboxylic acids is 1. The first kappa shape index (κ1) is 14.7. The van der Waals surface area contributed by atoms with Crippen LogP contribution in [0.4, 0.5) is 0 Å². The van der Waals surface area contributed by atoms with Crippen LogP contribution in [0.15, 0.2) is 30.5 Å². The van der Waals surface area contributed by atoms with Gasteiger partial charge in [-0.2, -0.15) is 0 Å². The molecule has 0 aliphatic carbocycles. The van der Waals surface area contributed by atoms with Gasteiger partial charge in [-0.05, 0) is 30.7 Å². The third kappa shape index (κ3) is 4.15. The number of pyridine rings is 1. The number of nitrogens with zero attached hydrogens (tertiary/aromatic N) is 1. The zero-order valence-electron chi connectivity index (χ0n) is 11.7. The minimum atomic E-state index is -0.199. The van der Waals surface area contributed by atoms with Crippen LogP contribution < -0.4 is 5.32 Å². The molecule has 0 spiro atoms. The Hall–Kier alpha value is -1.72. The van der Waals surface area contributed by atoms with Crippen LogP contribution in [-0.4, -0.2) is 18.1 Å². The maximum Gasteiger partial charge on any atom is 0.310 e. The van der Waals surface area contributed by atoms with Gasteiger partial charge in [0.05, 0.1) is 19.2 Å². The zero-order valence-corrected chi connectivity index (χ0v) is 12.5. The number of ether oxygens (including phenoxy) is 1. The van der Waals surface area contributed by atoms with Crippen molar-refractivity contribution in [3.63, 3.8) is 0 Å². The Morgan fingerprint density at radius 1 is 1.30 bits per heavy atom. The van der Waals surface area contributed by atoms with Gasteiger partial charge in [-0.1, -0.05) is 6.07 Å². The molecule has 0 aromatic carbocycles. The summed E-state index contributed by atoms with van der Waals surface area (Å²) in [5.74, 6) is -0.199. The van der Waals surface area contributed by atoms with Crippen molar-refractivity contribution in [1.82, 2.24) is 10.3 Å². The first-order chi connectivity index (χ1) is 9.69. The predicted octanol–water partition coefficient (Wildman–Crippen LogP) is 2.46. The van der Waals surface area contributed by atoms with Gasteiger partial charge in [0, 0.05) is 29.0 Å². The Bertz CT molecular complexity index is 581. The molecule has 0 aliphatic heterocycles. The largest absolute Gasteiger partial charge is 0.469 e. The van der Waals surface area contributed by atoms with E-state index in [0.717, 1.165) is 23.7 Å². The lowest BCUT2D eigenvalue weighted by Gasteiger charge is -2.05. The molecule has 0 amide bonds. The molecule has 0 unspecified atom stereocenters. The standard InChI is InChI=1S/C15H18N2O2S/c1-11-4-3-7-17-14(11)10-16-9-13-6-5-12(20-13)8-15(18)19-2/h3-7,16H,8-10H2,1-2H3. The normalized spacial score (nSPS) is 10.5. The molecule has 4 nitrogen and oxygen atoms in total. The number of carbonyl (C=O) groups is 1. The van der Waals surface area contributed by atoms with Crippen molar-refractivity contribution in [2.45, 2.75) is 26.4 Å². The molecule has 5 heteroatoms. The van der Waals surface area contributed by atoms with Crippen molar-refractivity contribution in [2.75, 3.05) is 7.11 Å². The van der Waals surface area contributed by atoms with Gasteiger partial charge < -0.3 is 10.1 Å². The number of aromatic nitrogens is 1. The fraction of sp³-hybridized carbons (Fsp3) is 0.333. The monoisotopic (exact) mass is 290 g/mol. The maximum absolute atomic E-state index is 11.2. The van der Waals surface area contributed by atoms with Crippen LogP contribution in [0.1, 0.15) is 21.0 Å². The van der Waals surface area contributed by atoms with Crippen molar-refractivity contribution in [3.05, 3.63) is 51.5 Å². The van der Waals surface area contributed by atoms with Crippen molar-refractivity contribution in [3.8, 4) is 0 Å². The molecule has 2 aromatic heterocycles. The first-order valence-electron chi connectivity index (χ1n) is 6.44. The third-order valence-electron chi connectivity index (χ3n) is 2.97. The zero-order chi connectivity index (χ0) is 14.4.